The lowest BCUT2D eigenvalue weighted by Crippen LogP contribution is -2.48. The molecule has 1 N–H and O–H groups in total. The van der Waals surface area contributed by atoms with Gasteiger partial charge in [0.25, 0.3) is 11.5 Å². The van der Waals surface area contributed by atoms with Gasteiger partial charge in [-0.05, 0) is 48.6 Å². The molecule has 0 bridgehead atoms. The molecular weight excluding hydrogens is 408 g/mol. The summed E-state index contributed by atoms with van der Waals surface area (Å²) in [5.74, 6) is 1.34. The molecule has 1 aromatic heterocycles. The summed E-state index contributed by atoms with van der Waals surface area (Å²) in [5.41, 5.74) is 2.24. The van der Waals surface area contributed by atoms with E-state index in [1.165, 1.54) is 11.8 Å². The normalized spacial score (nSPS) is 17.2. The highest BCUT2D eigenvalue weighted by molar-refractivity contribution is 6.06. The van der Waals surface area contributed by atoms with Crippen molar-refractivity contribution in [2.24, 2.45) is 0 Å². The fourth-order valence-electron chi connectivity index (χ4n) is 5.03. The van der Waals surface area contributed by atoms with E-state index in [4.69, 9.17) is 14.2 Å². The number of H-pyrrole nitrogens is 1. The van der Waals surface area contributed by atoms with Crippen molar-refractivity contribution in [1.29, 1.82) is 0 Å². The van der Waals surface area contributed by atoms with Crippen LogP contribution in [-0.4, -0.2) is 49.7 Å². The molecule has 2 aromatic carbocycles. The molecule has 3 heterocycles. The summed E-state index contributed by atoms with van der Waals surface area (Å²) in [4.78, 5) is 30.0. The van der Waals surface area contributed by atoms with Gasteiger partial charge in [0, 0.05) is 30.1 Å². The fraction of sp³-hybridized carbons (Fsp3) is 0.360. The van der Waals surface area contributed by atoms with E-state index in [1.54, 1.807) is 26.4 Å². The summed E-state index contributed by atoms with van der Waals surface area (Å²) < 4.78 is 17.3. The Morgan fingerprint density at radius 3 is 2.47 bits per heavy atom. The highest BCUT2D eigenvalue weighted by atomic mass is 16.5. The minimum Gasteiger partial charge on any atom is -0.493 e. The van der Waals surface area contributed by atoms with Gasteiger partial charge in [0.2, 0.25) is 0 Å². The standard InChI is InChI=1S/C25H26N2O5/c1-30-21-13-16-7-12-32-25(20(16)14-22(21)31-2)8-10-27(11-9-25)24(29)19-15-26-23(28)18-6-4-3-5-17(18)19/h3-6,13-15H,7-12H2,1-2H3,(H,26,28). The number of piperidine rings is 1. The number of hydrogen-bond acceptors (Lipinski definition) is 5. The molecule has 1 spiro atoms. The first kappa shape index (κ1) is 20.6. The van der Waals surface area contributed by atoms with Crippen molar-refractivity contribution in [1.82, 2.24) is 9.88 Å². The van der Waals surface area contributed by atoms with Gasteiger partial charge < -0.3 is 24.1 Å². The molecule has 7 heteroatoms. The topological polar surface area (TPSA) is 80.9 Å². The minimum atomic E-state index is -0.434. The number of nitrogens with one attached hydrogen (secondary N) is 1. The molecule has 0 radical (unpaired) electrons. The van der Waals surface area contributed by atoms with Crippen LogP contribution in [0.4, 0.5) is 0 Å². The van der Waals surface area contributed by atoms with Crippen molar-refractivity contribution in [3.63, 3.8) is 0 Å². The molecule has 1 amide bonds. The maximum atomic E-state index is 13.4. The predicted octanol–water partition coefficient (Wildman–Crippen LogP) is 3.25. The molecule has 5 rings (SSSR count). The number of methoxy groups -OCH3 is 2. The second kappa shape index (κ2) is 7.98. The van der Waals surface area contributed by atoms with Crippen LogP contribution in [0.5, 0.6) is 11.5 Å². The zero-order chi connectivity index (χ0) is 22.3. The monoisotopic (exact) mass is 434 g/mol. The van der Waals surface area contributed by atoms with Gasteiger partial charge in [-0.3, -0.25) is 9.59 Å². The number of ether oxygens (including phenoxy) is 3. The third-order valence-corrected chi connectivity index (χ3v) is 6.75. The molecule has 2 aliphatic rings. The number of hydrogen-bond donors (Lipinski definition) is 1. The van der Waals surface area contributed by atoms with E-state index in [9.17, 15) is 9.59 Å². The van der Waals surface area contributed by atoms with Crippen LogP contribution in [0.25, 0.3) is 10.8 Å². The van der Waals surface area contributed by atoms with E-state index >= 15 is 0 Å². The molecule has 0 atom stereocenters. The molecule has 7 nitrogen and oxygen atoms in total. The molecular formula is C25H26N2O5. The third-order valence-electron chi connectivity index (χ3n) is 6.75. The average Bonchev–Trinajstić information content (AvgIpc) is 2.84. The smallest absolute Gasteiger partial charge is 0.255 e. The van der Waals surface area contributed by atoms with E-state index in [0.717, 1.165) is 17.7 Å². The molecule has 0 saturated carbocycles. The van der Waals surface area contributed by atoms with E-state index in [0.29, 0.717) is 54.6 Å². The first-order valence-corrected chi connectivity index (χ1v) is 10.9. The lowest BCUT2D eigenvalue weighted by molar-refractivity contribution is -0.0936. The van der Waals surface area contributed by atoms with Crippen molar-refractivity contribution in [3.05, 3.63) is 69.6 Å². The quantitative estimate of drug-likeness (QED) is 0.685. The van der Waals surface area contributed by atoms with Gasteiger partial charge in [-0.2, -0.15) is 0 Å². The summed E-state index contributed by atoms with van der Waals surface area (Å²) in [6, 6.07) is 11.3. The Labute approximate surface area is 185 Å². The van der Waals surface area contributed by atoms with E-state index in [1.807, 2.05) is 29.2 Å². The number of carbonyl (C=O) groups is 1. The van der Waals surface area contributed by atoms with Crippen LogP contribution in [0.1, 0.15) is 34.3 Å². The number of amides is 1. The summed E-state index contributed by atoms with van der Waals surface area (Å²) in [6.07, 6.45) is 3.75. The van der Waals surface area contributed by atoms with Crippen LogP contribution in [-0.2, 0) is 16.8 Å². The molecule has 1 saturated heterocycles. The van der Waals surface area contributed by atoms with Crippen molar-refractivity contribution in [2.75, 3.05) is 33.9 Å². The number of carbonyl (C=O) groups excluding carboxylic acids is 1. The van der Waals surface area contributed by atoms with Crippen molar-refractivity contribution in [3.8, 4) is 11.5 Å². The van der Waals surface area contributed by atoms with Crippen LogP contribution in [0.3, 0.4) is 0 Å². The predicted molar refractivity (Wildman–Crippen MR) is 121 cm³/mol. The Balaban J connectivity index is 1.43. The first-order chi connectivity index (χ1) is 15.6. The minimum absolute atomic E-state index is 0.0735. The van der Waals surface area contributed by atoms with E-state index < -0.39 is 5.60 Å². The largest absolute Gasteiger partial charge is 0.493 e. The fourth-order valence-corrected chi connectivity index (χ4v) is 5.03. The highest BCUT2D eigenvalue weighted by Crippen LogP contribution is 2.45. The van der Waals surface area contributed by atoms with Crippen molar-refractivity contribution in [2.45, 2.75) is 24.9 Å². The van der Waals surface area contributed by atoms with Gasteiger partial charge >= 0.3 is 0 Å². The van der Waals surface area contributed by atoms with Gasteiger partial charge in [0.05, 0.1) is 32.0 Å². The van der Waals surface area contributed by atoms with E-state index in [-0.39, 0.29) is 11.5 Å². The molecule has 32 heavy (non-hydrogen) atoms. The number of nitrogens with zero attached hydrogens (tertiary/aromatic N) is 1. The number of aromatic nitrogens is 1. The zero-order valence-corrected chi connectivity index (χ0v) is 18.3. The molecule has 0 aliphatic carbocycles. The lowest BCUT2D eigenvalue weighted by Gasteiger charge is -2.45. The number of benzene rings is 2. The van der Waals surface area contributed by atoms with Crippen LogP contribution >= 0.6 is 0 Å². The zero-order valence-electron chi connectivity index (χ0n) is 18.3. The van der Waals surface area contributed by atoms with Gasteiger partial charge in [0.1, 0.15) is 0 Å². The Morgan fingerprint density at radius 1 is 1.06 bits per heavy atom. The maximum absolute atomic E-state index is 13.4. The van der Waals surface area contributed by atoms with Crippen molar-refractivity contribution < 1.29 is 19.0 Å². The lowest BCUT2D eigenvalue weighted by atomic mass is 9.79. The number of fused-ring (bicyclic) bond motifs is 3. The Kier molecular flexibility index (Phi) is 5.13. The summed E-state index contributed by atoms with van der Waals surface area (Å²) >= 11 is 0. The average molecular weight is 434 g/mol. The van der Waals surface area contributed by atoms with Crippen molar-refractivity contribution >= 4 is 16.7 Å². The number of rotatable bonds is 3. The summed E-state index contributed by atoms with van der Waals surface area (Å²) in [5, 5.41) is 1.20. The van der Waals surface area contributed by atoms with Crippen LogP contribution < -0.4 is 15.0 Å². The van der Waals surface area contributed by atoms with Gasteiger partial charge in [-0.15, -0.1) is 0 Å². The number of likely N-dealkylation sites (tertiary alicyclic amines) is 1. The second-order valence-electron chi connectivity index (χ2n) is 8.33. The molecule has 3 aromatic rings. The molecule has 0 unspecified atom stereocenters. The SMILES string of the molecule is COc1cc2c(cc1OC)C1(CCN(C(=O)c3c[nH]c(=O)c4ccccc34)CC1)OCC2. The van der Waals surface area contributed by atoms with Gasteiger partial charge in [-0.25, -0.2) is 0 Å². The Hall–Kier alpha value is -3.32. The van der Waals surface area contributed by atoms with E-state index in [2.05, 4.69) is 4.98 Å². The maximum Gasteiger partial charge on any atom is 0.255 e. The summed E-state index contributed by atoms with van der Waals surface area (Å²) in [6.45, 7) is 1.78. The van der Waals surface area contributed by atoms with Crippen LogP contribution in [0.2, 0.25) is 0 Å². The molecule has 2 aliphatic heterocycles. The van der Waals surface area contributed by atoms with Crippen LogP contribution in [0.15, 0.2) is 47.4 Å². The first-order valence-electron chi connectivity index (χ1n) is 10.9. The third kappa shape index (κ3) is 3.24. The molecule has 166 valence electrons. The Morgan fingerprint density at radius 2 is 1.75 bits per heavy atom. The van der Waals surface area contributed by atoms with Gasteiger partial charge in [-0.1, -0.05) is 18.2 Å². The second-order valence-corrected chi connectivity index (χ2v) is 8.33. The number of pyridine rings is 1. The Bertz CT molecular complexity index is 1240. The van der Waals surface area contributed by atoms with Gasteiger partial charge in [0.15, 0.2) is 11.5 Å². The summed E-state index contributed by atoms with van der Waals surface area (Å²) in [7, 11) is 3.28. The molecule has 1 fully saturated rings. The highest BCUT2D eigenvalue weighted by Gasteiger charge is 2.42. The number of aromatic amines is 1. The van der Waals surface area contributed by atoms with Crippen LogP contribution in [0, 0.1) is 0 Å².